The Bertz CT molecular complexity index is 306. The monoisotopic (exact) mass is 196 g/mol. The molecule has 0 fully saturated rings. The lowest BCUT2D eigenvalue weighted by Crippen LogP contribution is -2.21. The Labute approximate surface area is 82.9 Å². The van der Waals surface area contributed by atoms with Crippen LogP contribution in [0.1, 0.15) is 19.4 Å². The van der Waals surface area contributed by atoms with Gasteiger partial charge >= 0.3 is 7.32 Å². The van der Waals surface area contributed by atoms with Crippen LogP contribution in [0.15, 0.2) is 24.3 Å². The van der Waals surface area contributed by atoms with Gasteiger partial charge in [-0.2, -0.15) is 0 Å². The Kier molecular flexibility index (Phi) is 3.15. The van der Waals surface area contributed by atoms with Crippen molar-refractivity contribution in [2.24, 2.45) is 0 Å². The number of hydrogen-bond acceptors (Lipinski definition) is 4. The van der Waals surface area contributed by atoms with Crippen molar-refractivity contribution in [3.8, 4) is 5.75 Å². The molecule has 0 unspecified atom stereocenters. The van der Waals surface area contributed by atoms with Gasteiger partial charge in [0.1, 0.15) is 5.75 Å². The normalized spacial score (nSPS) is 11.2. The van der Waals surface area contributed by atoms with E-state index in [0.29, 0.717) is 11.3 Å². The van der Waals surface area contributed by atoms with E-state index in [1.165, 1.54) is 0 Å². The SMILES string of the molecule is CC(C)(O)c1cccc(OB(O)O)c1. The topological polar surface area (TPSA) is 69.9 Å². The molecule has 1 rings (SSSR count). The first kappa shape index (κ1) is 11.0. The minimum absolute atomic E-state index is 0.305. The zero-order chi connectivity index (χ0) is 10.8. The summed E-state index contributed by atoms with van der Waals surface area (Å²) in [6.45, 7) is 3.28. The molecule has 4 nitrogen and oxygen atoms in total. The Morgan fingerprint density at radius 2 is 1.93 bits per heavy atom. The Morgan fingerprint density at radius 3 is 2.43 bits per heavy atom. The largest absolute Gasteiger partial charge is 0.707 e. The lowest BCUT2D eigenvalue weighted by molar-refractivity contribution is 0.0783. The first-order valence-corrected chi connectivity index (χ1v) is 4.25. The Balaban J connectivity index is 2.90. The lowest BCUT2D eigenvalue weighted by Gasteiger charge is -2.18. The molecule has 0 saturated heterocycles. The van der Waals surface area contributed by atoms with Crippen LogP contribution in [0.25, 0.3) is 0 Å². The molecule has 5 heteroatoms. The molecule has 14 heavy (non-hydrogen) atoms. The van der Waals surface area contributed by atoms with Gasteiger partial charge in [0.05, 0.1) is 5.60 Å². The van der Waals surface area contributed by atoms with Gasteiger partial charge in [0.15, 0.2) is 0 Å². The smallest absolute Gasteiger partial charge is 0.512 e. The van der Waals surface area contributed by atoms with E-state index in [2.05, 4.69) is 4.65 Å². The van der Waals surface area contributed by atoms with Crippen LogP contribution in [0.5, 0.6) is 5.75 Å². The molecule has 0 atom stereocenters. The van der Waals surface area contributed by atoms with Crippen molar-refractivity contribution in [1.82, 2.24) is 0 Å². The summed E-state index contributed by atoms with van der Waals surface area (Å²) in [7, 11) is -1.84. The van der Waals surface area contributed by atoms with Crippen molar-refractivity contribution in [2.75, 3.05) is 0 Å². The highest BCUT2D eigenvalue weighted by Gasteiger charge is 2.17. The van der Waals surface area contributed by atoms with E-state index in [1.807, 2.05) is 0 Å². The number of hydrogen-bond donors (Lipinski definition) is 3. The summed E-state index contributed by atoms with van der Waals surface area (Å²) >= 11 is 0. The minimum Gasteiger partial charge on any atom is -0.512 e. The van der Waals surface area contributed by atoms with Crippen molar-refractivity contribution in [2.45, 2.75) is 19.4 Å². The van der Waals surface area contributed by atoms with Crippen LogP contribution >= 0.6 is 0 Å². The molecule has 0 heterocycles. The maximum absolute atomic E-state index is 9.67. The molecular formula is C9H13BO4. The van der Waals surface area contributed by atoms with Crippen molar-refractivity contribution in [3.63, 3.8) is 0 Å². The highest BCUT2D eigenvalue weighted by atomic mass is 16.6. The molecule has 0 aliphatic rings. The maximum atomic E-state index is 9.67. The van der Waals surface area contributed by atoms with Crippen LogP contribution < -0.4 is 4.65 Å². The minimum atomic E-state index is -1.84. The summed E-state index contributed by atoms with van der Waals surface area (Å²) in [5.41, 5.74) is -0.324. The van der Waals surface area contributed by atoms with E-state index in [-0.39, 0.29) is 0 Å². The first-order chi connectivity index (χ1) is 6.39. The molecule has 0 aliphatic carbocycles. The van der Waals surface area contributed by atoms with Gasteiger partial charge in [-0.05, 0) is 31.5 Å². The van der Waals surface area contributed by atoms with Gasteiger partial charge in [-0.25, -0.2) is 0 Å². The van der Waals surface area contributed by atoms with Gasteiger partial charge in [0, 0.05) is 0 Å². The molecule has 0 aliphatic heterocycles. The van der Waals surface area contributed by atoms with Crippen molar-refractivity contribution in [3.05, 3.63) is 29.8 Å². The molecule has 76 valence electrons. The van der Waals surface area contributed by atoms with E-state index in [4.69, 9.17) is 10.0 Å². The molecule has 0 aromatic heterocycles. The second kappa shape index (κ2) is 4.00. The standard InChI is InChI=1S/C9H13BO4/c1-9(2,11)7-4-3-5-8(6-7)14-10(12)13/h3-6,11-13H,1-2H3. The second-order valence-corrected chi connectivity index (χ2v) is 3.53. The Hall–Kier alpha value is -1.04. The van der Waals surface area contributed by atoms with Crippen LogP contribution in [0.4, 0.5) is 0 Å². The highest BCUT2D eigenvalue weighted by Crippen LogP contribution is 2.23. The summed E-state index contributed by atoms with van der Waals surface area (Å²) in [4.78, 5) is 0. The molecule has 0 saturated carbocycles. The average molecular weight is 196 g/mol. The molecule has 3 N–H and O–H groups in total. The van der Waals surface area contributed by atoms with E-state index >= 15 is 0 Å². The molecule has 0 amide bonds. The van der Waals surface area contributed by atoms with Gasteiger partial charge in [-0.15, -0.1) is 0 Å². The Morgan fingerprint density at radius 1 is 1.29 bits per heavy atom. The van der Waals surface area contributed by atoms with Gasteiger partial charge in [0.25, 0.3) is 0 Å². The molecule has 1 aromatic carbocycles. The van der Waals surface area contributed by atoms with Gasteiger partial charge < -0.3 is 19.8 Å². The fourth-order valence-electron chi connectivity index (χ4n) is 1.07. The van der Waals surface area contributed by atoms with Gasteiger partial charge in [0.2, 0.25) is 0 Å². The fourth-order valence-corrected chi connectivity index (χ4v) is 1.07. The number of aliphatic hydroxyl groups is 1. The zero-order valence-corrected chi connectivity index (χ0v) is 8.14. The summed E-state index contributed by atoms with van der Waals surface area (Å²) in [6.07, 6.45) is 0. The predicted octanol–water partition coefficient (Wildman–Crippen LogP) is 0.262. The predicted molar refractivity (Wildman–Crippen MR) is 52.5 cm³/mol. The summed E-state index contributed by atoms with van der Waals surface area (Å²) in [5, 5.41) is 26.8. The maximum Gasteiger partial charge on any atom is 0.707 e. The molecule has 0 radical (unpaired) electrons. The second-order valence-electron chi connectivity index (χ2n) is 3.53. The van der Waals surface area contributed by atoms with Crippen LogP contribution in [-0.2, 0) is 5.60 Å². The van der Waals surface area contributed by atoms with Crippen LogP contribution in [-0.4, -0.2) is 22.5 Å². The first-order valence-electron chi connectivity index (χ1n) is 4.25. The van der Waals surface area contributed by atoms with Crippen molar-refractivity contribution < 1.29 is 19.8 Å². The molecule has 0 spiro atoms. The van der Waals surface area contributed by atoms with Crippen LogP contribution in [0.2, 0.25) is 0 Å². The van der Waals surface area contributed by atoms with E-state index in [1.54, 1.807) is 38.1 Å². The summed E-state index contributed by atoms with van der Waals surface area (Å²) in [5.74, 6) is 0.305. The van der Waals surface area contributed by atoms with Gasteiger partial charge in [-0.1, -0.05) is 12.1 Å². The average Bonchev–Trinajstić information content (AvgIpc) is 2.01. The third kappa shape index (κ3) is 3.03. The summed E-state index contributed by atoms with van der Waals surface area (Å²) in [6, 6.07) is 6.54. The van der Waals surface area contributed by atoms with E-state index in [9.17, 15) is 5.11 Å². The van der Waals surface area contributed by atoms with E-state index in [0.717, 1.165) is 0 Å². The third-order valence-electron chi connectivity index (χ3n) is 1.78. The van der Waals surface area contributed by atoms with E-state index < -0.39 is 12.9 Å². The lowest BCUT2D eigenvalue weighted by atomic mass is 9.98. The fraction of sp³-hybridized carbons (Fsp3) is 0.333. The van der Waals surface area contributed by atoms with Crippen molar-refractivity contribution >= 4 is 7.32 Å². The highest BCUT2D eigenvalue weighted by molar-refractivity contribution is 6.33. The molecular weight excluding hydrogens is 183 g/mol. The zero-order valence-electron chi connectivity index (χ0n) is 8.14. The van der Waals surface area contributed by atoms with Crippen LogP contribution in [0.3, 0.4) is 0 Å². The number of benzene rings is 1. The number of rotatable bonds is 3. The molecule has 1 aromatic rings. The van der Waals surface area contributed by atoms with Crippen LogP contribution in [0, 0.1) is 0 Å². The molecule has 0 bridgehead atoms. The summed E-state index contributed by atoms with van der Waals surface area (Å²) < 4.78 is 4.65. The van der Waals surface area contributed by atoms with Crippen molar-refractivity contribution in [1.29, 1.82) is 0 Å². The van der Waals surface area contributed by atoms with Gasteiger partial charge in [-0.3, -0.25) is 0 Å². The quantitative estimate of drug-likeness (QED) is 0.606. The third-order valence-corrected chi connectivity index (χ3v) is 1.78.